The van der Waals surface area contributed by atoms with Crippen LogP contribution in [0.4, 0.5) is 0 Å². The normalized spacial score (nSPS) is 11.3. The summed E-state index contributed by atoms with van der Waals surface area (Å²) >= 11 is 0. The Kier molecular flexibility index (Phi) is 5.31. The zero-order chi connectivity index (χ0) is 13.6. The van der Waals surface area contributed by atoms with Crippen LogP contribution in [0, 0.1) is 0 Å². The lowest BCUT2D eigenvalue weighted by molar-refractivity contribution is -0.170. The van der Waals surface area contributed by atoms with Gasteiger partial charge in [-0.05, 0) is 0 Å². The third-order valence-electron chi connectivity index (χ3n) is 1.42. The van der Waals surface area contributed by atoms with Crippen LogP contribution in [0.25, 0.3) is 0 Å². The maximum Gasteiger partial charge on any atom is 0.376 e. The average molecular weight is 248 g/mol. The summed E-state index contributed by atoms with van der Waals surface area (Å²) in [6, 6.07) is 0. The molecule has 0 aliphatic rings. The first-order valence-corrected chi connectivity index (χ1v) is 4.14. The second-order valence-electron chi connectivity index (χ2n) is 2.82. The summed E-state index contributed by atoms with van der Waals surface area (Å²) in [5.74, 6) is -8.04. The molecule has 0 aromatic heterocycles. The van der Waals surface area contributed by atoms with Gasteiger partial charge in [-0.25, -0.2) is 9.59 Å². The maximum absolute atomic E-state index is 10.9. The molecule has 0 heterocycles. The summed E-state index contributed by atoms with van der Waals surface area (Å²) in [6.07, 6.45) is -4.21. The standard InChI is InChI=1S/C8H8O9/c9-3(1-5(10)11)8(16)17-4(7(14)15)2-6(12)13/h4H,1-2H2,(H,10,11)(H,12,13)(H,14,15). The van der Waals surface area contributed by atoms with Crippen molar-refractivity contribution in [1.82, 2.24) is 0 Å². The number of carbonyl (C=O) groups is 5. The zero-order valence-electron chi connectivity index (χ0n) is 8.28. The van der Waals surface area contributed by atoms with Crippen molar-refractivity contribution in [3.63, 3.8) is 0 Å². The summed E-state index contributed by atoms with van der Waals surface area (Å²) in [5.41, 5.74) is 0. The average Bonchev–Trinajstić information content (AvgIpc) is 2.14. The van der Waals surface area contributed by atoms with Crippen LogP contribution in [0.1, 0.15) is 12.8 Å². The van der Waals surface area contributed by atoms with E-state index in [0.717, 1.165) is 0 Å². The Morgan fingerprint density at radius 2 is 1.47 bits per heavy atom. The number of ketones is 1. The fraction of sp³-hybridized carbons (Fsp3) is 0.375. The smallest absolute Gasteiger partial charge is 0.376 e. The van der Waals surface area contributed by atoms with Gasteiger partial charge in [0.05, 0.1) is 6.42 Å². The molecule has 0 aliphatic carbocycles. The molecule has 94 valence electrons. The Bertz CT molecular complexity index is 369. The molecule has 1 unspecified atom stereocenters. The molecular formula is C8H8O9. The number of carbonyl (C=O) groups excluding carboxylic acids is 2. The monoisotopic (exact) mass is 248 g/mol. The van der Waals surface area contributed by atoms with Crippen molar-refractivity contribution in [2.75, 3.05) is 0 Å². The molecule has 3 N–H and O–H groups in total. The van der Waals surface area contributed by atoms with Gasteiger partial charge in [0.2, 0.25) is 6.10 Å². The molecule has 0 aromatic rings. The lowest BCUT2D eigenvalue weighted by Gasteiger charge is -2.10. The minimum Gasteiger partial charge on any atom is -0.481 e. The summed E-state index contributed by atoms with van der Waals surface area (Å²) in [5, 5.41) is 24.9. The molecule has 0 radical (unpaired) electrons. The van der Waals surface area contributed by atoms with E-state index in [1.165, 1.54) is 0 Å². The molecule has 0 saturated carbocycles. The van der Waals surface area contributed by atoms with Crippen molar-refractivity contribution in [3.8, 4) is 0 Å². The SMILES string of the molecule is O=C(O)CC(=O)C(=O)OC(CC(=O)O)C(=O)O. The van der Waals surface area contributed by atoms with Gasteiger partial charge < -0.3 is 20.1 Å². The van der Waals surface area contributed by atoms with E-state index in [4.69, 9.17) is 15.3 Å². The van der Waals surface area contributed by atoms with Crippen LogP contribution in [-0.4, -0.2) is 51.1 Å². The molecule has 0 aromatic carbocycles. The third-order valence-corrected chi connectivity index (χ3v) is 1.42. The highest BCUT2D eigenvalue weighted by molar-refractivity contribution is 6.36. The molecular weight excluding hydrogens is 240 g/mol. The minimum absolute atomic E-state index is 1.03. The van der Waals surface area contributed by atoms with Gasteiger partial charge in [0, 0.05) is 0 Å². The maximum atomic E-state index is 10.9. The Labute approximate surface area is 93.6 Å². The number of Topliss-reactive ketones (excluding diaryl/α,β-unsaturated/α-hetero) is 1. The fourth-order valence-corrected chi connectivity index (χ4v) is 0.742. The lowest BCUT2D eigenvalue weighted by atomic mass is 10.2. The predicted octanol–water partition coefficient (Wildman–Crippen LogP) is -1.50. The topological polar surface area (TPSA) is 155 Å². The van der Waals surface area contributed by atoms with E-state index in [1.807, 2.05) is 0 Å². The quantitative estimate of drug-likeness (QED) is 0.277. The Hall–Kier alpha value is -2.45. The van der Waals surface area contributed by atoms with Crippen molar-refractivity contribution in [3.05, 3.63) is 0 Å². The van der Waals surface area contributed by atoms with Gasteiger partial charge >= 0.3 is 23.9 Å². The number of aliphatic carboxylic acids is 3. The van der Waals surface area contributed by atoms with Gasteiger partial charge in [0.25, 0.3) is 5.78 Å². The lowest BCUT2D eigenvalue weighted by Crippen LogP contribution is -2.33. The molecule has 9 nitrogen and oxygen atoms in total. The molecule has 0 saturated heterocycles. The van der Waals surface area contributed by atoms with E-state index in [-0.39, 0.29) is 0 Å². The highest BCUT2D eigenvalue weighted by atomic mass is 16.6. The Morgan fingerprint density at radius 1 is 0.941 bits per heavy atom. The third kappa shape index (κ3) is 5.87. The number of esters is 1. The second kappa shape index (κ2) is 6.20. The molecule has 0 fully saturated rings. The van der Waals surface area contributed by atoms with Gasteiger partial charge in [-0.15, -0.1) is 0 Å². The van der Waals surface area contributed by atoms with E-state index < -0.39 is 48.6 Å². The van der Waals surface area contributed by atoms with Crippen LogP contribution < -0.4 is 0 Å². The highest BCUT2D eigenvalue weighted by Gasteiger charge is 2.29. The van der Waals surface area contributed by atoms with Crippen LogP contribution in [0.5, 0.6) is 0 Å². The van der Waals surface area contributed by atoms with E-state index in [9.17, 15) is 24.0 Å². The number of carboxylic acids is 3. The number of hydrogen-bond donors (Lipinski definition) is 3. The van der Waals surface area contributed by atoms with E-state index >= 15 is 0 Å². The zero-order valence-corrected chi connectivity index (χ0v) is 8.28. The number of carboxylic acid groups (broad SMARTS) is 3. The van der Waals surface area contributed by atoms with Crippen LogP contribution in [-0.2, 0) is 28.7 Å². The first-order valence-electron chi connectivity index (χ1n) is 4.14. The molecule has 0 amide bonds. The molecule has 0 bridgehead atoms. The number of hydrogen-bond acceptors (Lipinski definition) is 6. The van der Waals surface area contributed by atoms with E-state index in [0.29, 0.717) is 0 Å². The first kappa shape index (κ1) is 14.6. The van der Waals surface area contributed by atoms with Crippen molar-refractivity contribution in [2.24, 2.45) is 0 Å². The summed E-state index contributed by atoms with van der Waals surface area (Å²) in [4.78, 5) is 52.4. The van der Waals surface area contributed by atoms with Gasteiger partial charge in [0.1, 0.15) is 6.42 Å². The van der Waals surface area contributed by atoms with E-state index in [1.54, 1.807) is 0 Å². The summed E-state index contributed by atoms with van der Waals surface area (Å²) < 4.78 is 4.05. The fourth-order valence-electron chi connectivity index (χ4n) is 0.742. The van der Waals surface area contributed by atoms with Crippen LogP contribution in [0.2, 0.25) is 0 Å². The highest BCUT2D eigenvalue weighted by Crippen LogP contribution is 2.01. The second-order valence-corrected chi connectivity index (χ2v) is 2.82. The molecule has 9 heteroatoms. The Balaban J connectivity index is 4.50. The van der Waals surface area contributed by atoms with Crippen molar-refractivity contribution >= 4 is 29.7 Å². The van der Waals surface area contributed by atoms with Crippen LogP contribution in [0.15, 0.2) is 0 Å². The minimum atomic E-state index is -2.03. The van der Waals surface area contributed by atoms with Crippen molar-refractivity contribution in [2.45, 2.75) is 18.9 Å². The summed E-state index contributed by atoms with van der Waals surface area (Å²) in [6.45, 7) is 0. The predicted molar refractivity (Wildman–Crippen MR) is 47.0 cm³/mol. The Morgan fingerprint density at radius 3 is 1.82 bits per heavy atom. The van der Waals surface area contributed by atoms with Gasteiger partial charge in [-0.3, -0.25) is 14.4 Å². The first-order chi connectivity index (χ1) is 7.73. The summed E-state index contributed by atoms with van der Waals surface area (Å²) in [7, 11) is 0. The largest absolute Gasteiger partial charge is 0.481 e. The molecule has 0 aliphatic heterocycles. The van der Waals surface area contributed by atoms with Gasteiger partial charge in [-0.1, -0.05) is 0 Å². The van der Waals surface area contributed by atoms with Crippen molar-refractivity contribution in [1.29, 1.82) is 0 Å². The molecule has 17 heavy (non-hydrogen) atoms. The van der Waals surface area contributed by atoms with E-state index in [2.05, 4.69) is 4.74 Å². The van der Waals surface area contributed by atoms with Gasteiger partial charge in [0.15, 0.2) is 0 Å². The molecule has 0 spiro atoms. The van der Waals surface area contributed by atoms with Gasteiger partial charge in [-0.2, -0.15) is 0 Å². The van der Waals surface area contributed by atoms with Crippen LogP contribution in [0.3, 0.4) is 0 Å². The van der Waals surface area contributed by atoms with Crippen LogP contribution >= 0.6 is 0 Å². The number of ether oxygens (including phenoxy) is 1. The number of rotatable bonds is 7. The molecule has 1 atom stereocenters. The molecule has 0 rings (SSSR count). The van der Waals surface area contributed by atoms with Crippen molar-refractivity contribution < 1.29 is 44.0 Å².